The number of amides is 2. The number of carbonyl (C=O) groups is 1. The molecule has 0 aliphatic carbocycles. The van der Waals surface area contributed by atoms with Gasteiger partial charge in [-0.2, -0.15) is 0 Å². The minimum atomic E-state index is -0.493. The van der Waals surface area contributed by atoms with Crippen LogP contribution in [-0.4, -0.2) is 52.6 Å². The third-order valence-corrected chi connectivity index (χ3v) is 1.66. The van der Waals surface area contributed by atoms with E-state index in [4.69, 9.17) is 15.2 Å². The second-order valence-corrected chi connectivity index (χ2v) is 3.00. The summed E-state index contributed by atoms with van der Waals surface area (Å²) in [6.45, 7) is 4.13. The molecule has 0 aromatic heterocycles. The molecule has 0 atom stereocenters. The molecule has 0 saturated carbocycles. The van der Waals surface area contributed by atoms with Gasteiger partial charge in [-0.25, -0.2) is 4.79 Å². The van der Waals surface area contributed by atoms with Crippen molar-refractivity contribution in [3.8, 4) is 0 Å². The van der Waals surface area contributed by atoms with E-state index in [1.165, 1.54) is 0 Å². The summed E-state index contributed by atoms with van der Waals surface area (Å²) >= 11 is 0. The molecule has 0 aromatic carbocycles. The van der Waals surface area contributed by atoms with Gasteiger partial charge in [0.15, 0.2) is 0 Å². The van der Waals surface area contributed by atoms with Gasteiger partial charge in [-0.15, -0.1) is 0 Å². The lowest BCUT2D eigenvalue weighted by Gasteiger charge is -2.06. The fraction of sp³-hybridized carbons (Fsp3) is 0.889. The maximum atomic E-state index is 10.3. The summed E-state index contributed by atoms with van der Waals surface area (Å²) in [4.78, 5) is 10.3. The lowest BCUT2D eigenvalue weighted by atomic mass is 10.5. The van der Waals surface area contributed by atoms with Crippen LogP contribution in [0.4, 0.5) is 4.79 Å². The highest BCUT2D eigenvalue weighted by Gasteiger charge is 1.91. The Kier molecular flexibility index (Phi) is 10.6. The molecule has 0 aromatic rings. The second-order valence-electron chi connectivity index (χ2n) is 3.00. The molecule has 0 aliphatic rings. The molecule has 0 aliphatic heterocycles. The first-order chi connectivity index (χ1) is 7.27. The van der Waals surface area contributed by atoms with Gasteiger partial charge >= 0.3 is 6.03 Å². The van der Waals surface area contributed by atoms with Gasteiger partial charge in [0.1, 0.15) is 0 Å². The standard InChI is InChI=1S/C9H21N3O3/c1-14-6-2-7-15-8-5-11-3-4-12-9(10)13/h11H,2-8H2,1H3,(H3,10,12,13). The summed E-state index contributed by atoms with van der Waals surface area (Å²) in [7, 11) is 1.67. The number of nitrogens with one attached hydrogen (secondary N) is 2. The fourth-order valence-corrected chi connectivity index (χ4v) is 0.951. The summed E-state index contributed by atoms with van der Waals surface area (Å²) in [5, 5.41) is 5.59. The average molecular weight is 219 g/mol. The maximum absolute atomic E-state index is 10.3. The van der Waals surface area contributed by atoms with Crippen molar-refractivity contribution in [2.24, 2.45) is 5.73 Å². The molecular weight excluding hydrogens is 198 g/mol. The van der Waals surface area contributed by atoms with Crippen molar-refractivity contribution < 1.29 is 14.3 Å². The van der Waals surface area contributed by atoms with Crippen LogP contribution in [0.1, 0.15) is 6.42 Å². The first-order valence-corrected chi connectivity index (χ1v) is 5.08. The van der Waals surface area contributed by atoms with Crippen molar-refractivity contribution in [2.75, 3.05) is 46.6 Å². The number of ether oxygens (including phenoxy) is 2. The lowest BCUT2D eigenvalue weighted by molar-refractivity contribution is 0.104. The largest absolute Gasteiger partial charge is 0.385 e. The molecule has 4 N–H and O–H groups in total. The highest BCUT2D eigenvalue weighted by Crippen LogP contribution is 1.82. The molecule has 6 heteroatoms. The average Bonchev–Trinajstić information content (AvgIpc) is 2.20. The molecule has 0 bridgehead atoms. The fourth-order valence-electron chi connectivity index (χ4n) is 0.951. The minimum absolute atomic E-state index is 0.493. The predicted octanol–water partition coefficient (Wildman–Crippen LogP) is -0.703. The Morgan fingerprint density at radius 3 is 2.67 bits per heavy atom. The van der Waals surface area contributed by atoms with Crippen LogP contribution in [0.25, 0.3) is 0 Å². The van der Waals surface area contributed by atoms with E-state index in [0.717, 1.165) is 26.2 Å². The van der Waals surface area contributed by atoms with Crippen LogP contribution in [-0.2, 0) is 9.47 Å². The molecule has 0 heterocycles. The van der Waals surface area contributed by atoms with E-state index in [1.54, 1.807) is 7.11 Å². The van der Waals surface area contributed by atoms with Gasteiger partial charge in [0.25, 0.3) is 0 Å². The number of carbonyl (C=O) groups excluding carboxylic acids is 1. The van der Waals surface area contributed by atoms with E-state index < -0.39 is 6.03 Å². The van der Waals surface area contributed by atoms with Crippen LogP contribution in [0.2, 0.25) is 0 Å². The predicted molar refractivity (Wildman–Crippen MR) is 57.8 cm³/mol. The van der Waals surface area contributed by atoms with Crippen LogP contribution >= 0.6 is 0 Å². The smallest absolute Gasteiger partial charge is 0.312 e. The van der Waals surface area contributed by atoms with Gasteiger partial charge < -0.3 is 25.8 Å². The monoisotopic (exact) mass is 219 g/mol. The summed E-state index contributed by atoms with van der Waals surface area (Å²) in [6.07, 6.45) is 0.916. The molecule has 90 valence electrons. The Balaban J connectivity index is 2.89. The Labute approximate surface area is 90.5 Å². The third kappa shape index (κ3) is 13.2. The number of urea groups is 1. The van der Waals surface area contributed by atoms with E-state index in [1.807, 2.05) is 0 Å². The Morgan fingerprint density at radius 1 is 1.20 bits per heavy atom. The molecule has 0 radical (unpaired) electrons. The van der Waals surface area contributed by atoms with Crippen LogP contribution in [0, 0.1) is 0 Å². The van der Waals surface area contributed by atoms with Gasteiger partial charge in [0.2, 0.25) is 0 Å². The number of hydrogen-bond donors (Lipinski definition) is 3. The SMILES string of the molecule is COCCCOCCNCCNC(N)=O. The Hall–Kier alpha value is -0.850. The molecule has 0 saturated heterocycles. The molecule has 0 spiro atoms. The van der Waals surface area contributed by atoms with Gasteiger partial charge in [0.05, 0.1) is 6.61 Å². The van der Waals surface area contributed by atoms with E-state index in [9.17, 15) is 4.79 Å². The van der Waals surface area contributed by atoms with Crippen molar-refractivity contribution in [1.29, 1.82) is 0 Å². The Morgan fingerprint density at radius 2 is 2.00 bits per heavy atom. The van der Waals surface area contributed by atoms with E-state index >= 15 is 0 Å². The zero-order valence-electron chi connectivity index (χ0n) is 9.25. The van der Waals surface area contributed by atoms with E-state index in [0.29, 0.717) is 19.7 Å². The first kappa shape index (κ1) is 14.2. The van der Waals surface area contributed by atoms with Gasteiger partial charge in [0, 0.05) is 40.0 Å². The van der Waals surface area contributed by atoms with Crippen molar-refractivity contribution in [3.63, 3.8) is 0 Å². The normalized spacial score (nSPS) is 10.2. The van der Waals surface area contributed by atoms with E-state index in [2.05, 4.69) is 10.6 Å². The molecule has 2 amide bonds. The van der Waals surface area contributed by atoms with Crippen LogP contribution in [0.15, 0.2) is 0 Å². The van der Waals surface area contributed by atoms with Crippen LogP contribution in [0.3, 0.4) is 0 Å². The summed E-state index contributed by atoms with van der Waals surface area (Å²) in [6, 6.07) is -0.493. The molecule has 0 fully saturated rings. The zero-order valence-corrected chi connectivity index (χ0v) is 9.25. The number of nitrogens with two attached hydrogens (primary N) is 1. The van der Waals surface area contributed by atoms with Crippen molar-refractivity contribution >= 4 is 6.03 Å². The number of hydrogen-bond acceptors (Lipinski definition) is 4. The van der Waals surface area contributed by atoms with Crippen molar-refractivity contribution in [2.45, 2.75) is 6.42 Å². The lowest BCUT2D eigenvalue weighted by Crippen LogP contribution is -2.36. The first-order valence-electron chi connectivity index (χ1n) is 5.08. The van der Waals surface area contributed by atoms with Crippen molar-refractivity contribution in [1.82, 2.24) is 10.6 Å². The molecule has 15 heavy (non-hydrogen) atoms. The highest BCUT2D eigenvalue weighted by molar-refractivity contribution is 5.71. The summed E-state index contributed by atoms with van der Waals surface area (Å²) < 4.78 is 10.2. The quantitative estimate of drug-likeness (QED) is 0.424. The number of primary amides is 1. The molecule has 6 nitrogen and oxygen atoms in total. The van der Waals surface area contributed by atoms with Crippen LogP contribution < -0.4 is 16.4 Å². The minimum Gasteiger partial charge on any atom is -0.385 e. The van der Waals surface area contributed by atoms with Gasteiger partial charge in [-0.1, -0.05) is 0 Å². The van der Waals surface area contributed by atoms with Crippen LogP contribution in [0.5, 0.6) is 0 Å². The molecule has 0 rings (SSSR count). The third-order valence-electron chi connectivity index (χ3n) is 1.66. The topological polar surface area (TPSA) is 85.6 Å². The van der Waals surface area contributed by atoms with Gasteiger partial charge in [-0.05, 0) is 6.42 Å². The van der Waals surface area contributed by atoms with E-state index in [-0.39, 0.29) is 0 Å². The van der Waals surface area contributed by atoms with Crippen molar-refractivity contribution in [3.05, 3.63) is 0 Å². The number of rotatable bonds is 10. The maximum Gasteiger partial charge on any atom is 0.312 e. The van der Waals surface area contributed by atoms with Gasteiger partial charge in [-0.3, -0.25) is 0 Å². The molecular formula is C9H21N3O3. The highest BCUT2D eigenvalue weighted by atomic mass is 16.5. The second kappa shape index (κ2) is 11.2. The zero-order chi connectivity index (χ0) is 11.4. The number of methoxy groups -OCH3 is 1. The summed E-state index contributed by atoms with van der Waals surface area (Å²) in [5.74, 6) is 0. The summed E-state index contributed by atoms with van der Waals surface area (Å²) in [5.41, 5.74) is 4.89. The Bertz CT molecular complexity index is 156. The molecule has 0 unspecified atom stereocenters.